The number of para-hydroxylation sites is 1. The van der Waals surface area contributed by atoms with Gasteiger partial charge in [-0.05, 0) is 18.2 Å². The third kappa shape index (κ3) is 1.68. The van der Waals surface area contributed by atoms with Gasteiger partial charge in [0.2, 0.25) is 0 Å². The summed E-state index contributed by atoms with van der Waals surface area (Å²) in [5, 5.41) is 9.83. The third-order valence-corrected chi connectivity index (χ3v) is 1.81. The van der Waals surface area contributed by atoms with Gasteiger partial charge in [-0.3, -0.25) is 0 Å². The minimum absolute atomic E-state index is 0. The Morgan fingerprint density at radius 2 is 1.77 bits per heavy atom. The molecule has 13 heavy (non-hydrogen) atoms. The van der Waals surface area contributed by atoms with Gasteiger partial charge < -0.3 is 17.0 Å². The fourth-order valence-electron chi connectivity index (χ4n) is 1.25. The van der Waals surface area contributed by atoms with Gasteiger partial charge in [-0.2, -0.15) is 0 Å². The van der Waals surface area contributed by atoms with Crippen molar-refractivity contribution >= 4 is 10.9 Å². The van der Waals surface area contributed by atoms with Gasteiger partial charge in [0.15, 0.2) is 5.26 Å². The molecular weight excluding hydrogens is 228 g/mol. The summed E-state index contributed by atoms with van der Waals surface area (Å²) in [4.78, 5) is 0. The molecule has 0 atom stereocenters. The molecule has 0 N–H and O–H groups in total. The lowest BCUT2D eigenvalue weighted by atomic mass is 10.2. The zero-order valence-corrected chi connectivity index (χ0v) is 8.40. The second-order valence-electron chi connectivity index (χ2n) is 2.54. The normalized spacial score (nSPS) is 8.85. The van der Waals surface area contributed by atoms with Gasteiger partial charge in [0.25, 0.3) is 0 Å². The number of hydrogen-bond acceptors (Lipinski definition) is 1. The van der Waals surface area contributed by atoms with E-state index in [9.17, 15) is 0 Å². The highest BCUT2D eigenvalue weighted by molar-refractivity contribution is 5.75. The first-order valence-electron chi connectivity index (χ1n) is 3.71. The van der Waals surface area contributed by atoms with Crippen molar-refractivity contribution in [3.05, 3.63) is 42.6 Å². The van der Waals surface area contributed by atoms with E-state index in [2.05, 4.69) is 6.19 Å². The molecule has 3 heteroatoms. The highest BCUT2D eigenvalue weighted by Gasteiger charge is 2.01. The SMILES string of the molecule is N#C[n+]1cccc2ccccc21.[Br-]. The predicted molar refractivity (Wildman–Crippen MR) is 45.2 cm³/mol. The summed E-state index contributed by atoms with van der Waals surface area (Å²) in [7, 11) is 0. The number of rotatable bonds is 0. The summed E-state index contributed by atoms with van der Waals surface area (Å²) in [5.41, 5.74) is 0.947. The van der Waals surface area contributed by atoms with Crippen molar-refractivity contribution in [1.82, 2.24) is 0 Å². The summed E-state index contributed by atoms with van der Waals surface area (Å²) in [6.07, 6.45) is 3.84. The van der Waals surface area contributed by atoms with Gasteiger partial charge in [0.1, 0.15) is 11.7 Å². The summed E-state index contributed by atoms with van der Waals surface area (Å²) in [6.45, 7) is 0. The van der Waals surface area contributed by atoms with Crippen molar-refractivity contribution in [2.24, 2.45) is 0 Å². The molecule has 0 saturated heterocycles. The van der Waals surface area contributed by atoms with Crippen LogP contribution in [0.4, 0.5) is 0 Å². The van der Waals surface area contributed by atoms with Crippen LogP contribution in [0.5, 0.6) is 0 Å². The molecule has 0 amide bonds. The van der Waals surface area contributed by atoms with Gasteiger partial charge in [-0.25, -0.2) is 0 Å². The van der Waals surface area contributed by atoms with Crippen molar-refractivity contribution in [3.8, 4) is 6.19 Å². The molecule has 0 bridgehead atoms. The van der Waals surface area contributed by atoms with Crippen LogP contribution in [0.3, 0.4) is 0 Å². The lowest BCUT2D eigenvalue weighted by molar-refractivity contribution is -0.557. The average Bonchev–Trinajstić information content (AvgIpc) is 2.17. The Morgan fingerprint density at radius 3 is 2.54 bits per heavy atom. The highest BCUT2D eigenvalue weighted by Crippen LogP contribution is 2.06. The molecule has 0 fully saturated rings. The zero-order valence-electron chi connectivity index (χ0n) is 6.81. The van der Waals surface area contributed by atoms with Crippen molar-refractivity contribution in [2.45, 2.75) is 0 Å². The quantitative estimate of drug-likeness (QED) is 0.508. The smallest absolute Gasteiger partial charge is 0.464 e. The van der Waals surface area contributed by atoms with E-state index in [0.717, 1.165) is 10.9 Å². The van der Waals surface area contributed by atoms with Crippen LogP contribution >= 0.6 is 0 Å². The van der Waals surface area contributed by atoms with Crippen LogP contribution in [0.1, 0.15) is 0 Å². The molecule has 1 heterocycles. The minimum atomic E-state index is 0. The Morgan fingerprint density at radius 1 is 1.08 bits per heavy atom. The monoisotopic (exact) mass is 234 g/mol. The fraction of sp³-hybridized carbons (Fsp3) is 0. The summed E-state index contributed by atoms with van der Waals surface area (Å²) < 4.78 is 1.55. The Hall–Kier alpha value is -1.40. The summed E-state index contributed by atoms with van der Waals surface area (Å²) in [5.74, 6) is 0. The number of hydrogen-bond donors (Lipinski definition) is 0. The second-order valence-corrected chi connectivity index (χ2v) is 2.54. The molecule has 0 aliphatic heterocycles. The number of fused-ring (bicyclic) bond motifs is 1. The molecule has 2 rings (SSSR count). The molecule has 2 aromatic rings. The first kappa shape index (κ1) is 9.69. The van der Waals surface area contributed by atoms with E-state index in [0.29, 0.717) is 0 Å². The van der Waals surface area contributed by atoms with Crippen molar-refractivity contribution in [2.75, 3.05) is 0 Å². The molecule has 1 aromatic carbocycles. The number of nitrogens with zero attached hydrogens (tertiary/aromatic N) is 2. The molecular formula is C10H7BrN2. The lowest BCUT2D eigenvalue weighted by Crippen LogP contribution is -3.00. The molecule has 1 aromatic heterocycles. The number of aromatic nitrogens is 1. The van der Waals surface area contributed by atoms with E-state index in [1.807, 2.05) is 36.4 Å². The first-order chi connectivity index (χ1) is 5.92. The van der Waals surface area contributed by atoms with Gasteiger partial charge in [-0.15, -0.1) is 4.57 Å². The van der Waals surface area contributed by atoms with Gasteiger partial charge in [0, 0.05) is 5.39 Å². The van der Waals surface area contributed by atoms with E-state index >= 15 is 0 Å². The van der Waals surface area contributed by atoms with Crippen LogP contribution in [-0.4, -0.2) is 0 Å². The summed E-state index contributed by atoms with van der Waals surface area (Å²) >= 11 is 0. The van der Waals surface area contributed by atoms with Crippen molar-refractivity contribution in [3.63, 3.8) is 0 Å². The lowest BCUT2D eigenvalue weighted by Gasteiger charge is -1.93. The molecule has 0 saturated carbocycles. The van der Waals surface area contributed by atoms with Crippen LogP contribution in [0, 0.1) is 11.5 Å². The molecule has 0 radical (unpaired) electrons. The molecule has 0 unspecified atom stereocenters. The van der Waals surface area contributed by atoms with E-state index < -0.39 is 0 Å². The van der Waals surface area contributed by atoms with E-state index in [1.165, 1.54) is 0 Å². The Kier molecular flexibility index (Phi) is 2.99. The Labute approximate surface area is 86.8 Å². The standard InChI is InChI=1S/C10H7N2.BrH/c11-8-12-7-3-5-9-4-1-2-6-10(9)12;/h1-7H;1H/q+1;/p-1. The highest BCUT2D eigenvalue weighted by atomic mass is 79.9. The van der Waals surface area contributed by atoms with Crippen LogP contribution in [0.25, 0.3) is 10.9 Å². The van der Waals surface area contributed by atoms with Crippen LogP contribution in [0.15, 0.2) is 42.6 Å². The van der Waals surface area contributed by atoms with Crippen molar-refractivity contribution in [1.29, 1.82) is 5.26 Å². The average molecular weight is 235 g/mol. The van der Waals surface area contributed by atoms with E-state index in [1.54, 1.807) is 10.8 Å². The maximum atomic E-state index is 8.75. The first-order valence-corrected chi connectivity index (χ1v) is 3.71. The van der Waals surface area contributed by atoms with E-state index in [-0.39, 0.29) is 17.0 Å². The number of halogens is 1. The molecule has 0 aliphatic rings. The topological polar surface area (TPSA) is 27.7 Å². The predicted octanol–water partition coefficient (Wildman–Crippen LogP) is -1.54. The van der Waals surface area contributed by atoms with Gasteiger partial charge in [0.05, 0.1) is 0 Å². The van der Waals surface area contributed by atoms with Crippen molar-refractivity contribution < 1.29 is 21.5 Å². The number of nitriles is 1. The number of benzene rings is 1. The Bertz CT molecular complexity index is 454. The van der Waals surface area contributed by atoms with E-state index in [4.69, 9.17) is 5.26 Å². The molecule has 64 valence electrons. The maximum absolute atomic E-state index is 8.75. The second kappa shape index (κ2) is 4.01. The number of pyridine rings is 1. The fourth-order valence-corrected chi connectivity index (χ4v) is 1.25. The largest absolute Gasteiger partial charge is 1.00 e. The maximum Gasteiger partial charge on any atom is 0.464 e. The zero-order chi connectivity index (χ0) is 8.39. The van der Waals surface area contributed by atoms with Crippen LogP contribution in [-0.2, 0) is 0 Å². The molecule has 0 spiro atoms. The molecule has 2 nitrogen and oxygen atoms in total. The van der Waals surface area contributed by atoms with Crippen LogP contribution < -0.4 is 21.5 Å². The third-order valence-electron chi connectivity index (χ3n) is 1.81. The van der Waals surface area contributed by atoms with Gasteiger partial charge in [-0.1, -0.05) is 18.2 Å². The van der Waals surface area contributed by atoms with Gasteiger partial charge >= 0.3 is 6.19 Å². The Balaban J connectivity index is 0.000000845. The van der Waals surface area contributed by atoms with Crippen LogP contribution in [0.2, 0.25) is 0 Å². The minimum Gasteiger partial charge on any atom is -1.00 e. The molecule has 0 aliphatic carbocycles. The summed E-state index contributed by atoms with van der Waals surface area (Å²) in [6, 6.07) is 11.7.